The molecule has 0 unspecified atom stereocenters. The monoisotopic (exact) mass is 472 g/mol. The largest absolute Gasteiger partial charge is 0.464 e. The number of furan rings is 1. The molecule has 0 radical (unpaired) electrons. The van der Waals surface area contributed by atoms with Gasteiger partial charge in [0.05, 0.1) is 6.26 Å². The van der Waals surface area contributed by atoms with Crippen molar-refractivity contribution < 1.29 is 13.6 Å². The minimum atomic E-state index is -0.372. The lowest BCUT2D eigenvalue weighted by molar-refractivity contribution is -0.122. The Labute approximate surface area is 204 Å². The fourth-order valence-corrected chi connectivity index (χ4v) is 5.22. The summed E-state index contributed by atoms with van der Waals surface area (Å²) in [4.78, 5) is 27.9. The lowest BCUT2D eigenvalue weighted by Gasteiger charge is -2.32. The zero-order chi connectivity index (χ0) is 24.5. The van der Waals surface area contributed by atoms with Gasteiger partial charge in [-0.25, -0.2) is 4.79 Å². The molecule has 1 fully saturated rings. The van der Waals surface area contributed by atoms with Crippen LogP contribution in [0.2, 0.25) is 0 Å². The van der Waals surface area contributed by atoms with E-state index >= 15 is 0 Å². The van der Waals surface area contributed by atoms with E-state index in [0.29, 0.717) is 17.6 Å². The van der Waals surface area contributed by atoms with Crippen LogP contribution in [0.15, 0.2) is 56.3 Å². The van der Waals surface area contributed by atoms with Gasteiger partial charge >= 0.3 is 5.63 Å². The second kappa shape index (κ2) is 9.70. The summed E-state index contributed by atoms with van der Waals surface area (Å²) >= 11 is 0. The van der Waals surface area contributed by atoms with Crippen molar-refractivity contribution in [1.29, 1.82) is 0 Å². The van der Waals surface area contributed by atoms with Gasteiger partial charge in [-0.1, -0.05) is 30.3 Å². The molecule has 1 aliphatic rings. The number of nitrogens with zero attached hydrogens (tertiary/aromatic N) is 1. The number of carbonyl (C=O) groups is 1. The van der Waals surface area contributed by atoms with E-state index in [9.17, 15) is 9.59 Å². The Morgan fingerprint density at radius 2 is 1.77 bits per heavy atom. The maximum absolute atomic E-state index is 12.8. The van der Waals surface area contributed by atoms with Gasteiger partial charge in [0.15, 0.2) is 0 Å². The minimum absolute atomic E-state index is 0.0114. The maximum atomic E-state index is 12.8. The first-order chi connectivity index (χ1) is 16.9. The molecule has 0 aliphatic carbocycles. The first-order valence-corrected chi connectivity index (χ1v) is 12.4. The average molecular weight is 473 g/mol. The molecule has 0 atom stereocenters. The highest BCUT2D eigenvalue weighted by molar-refractivity contribution is 5.99. The van der Waals surface area contributed by atoms with Crippen molar-refractivity contribution in [2.24, 2.45) is 0 Å². The number of hydrogen-bond acceptors (Lipinski definition) is 5. The Morgan fingerprint density at radius 1 is 1.03 bits per heavy atom. The van der Waals surface area contributed by atoms with Crippen molar-refractivity contribution in [3.63, 3.8) is 0 Å². The summed E-state index contributed by atoms with van der Waals surface area (Å²) in [6.45, 7) is 8.73. The third-order valence-corrected chi connectivity index (χ3v) is 7.34. The number of carbonyl (C=O) groups excluding carboxylic acids is 1. The van der Waals surface area contributed by atoms with Gasteiger partial charge in [0.2, 0.25) is 5.91 Å². The summed E-state index contributed by atoms with van der Waals surface area (Å²) < 4.78 is 11.4. The normalized spacial score (nSPS) is 15.2. The molecule has 1 aliphatic heterocycles. The van der Waals surface area contributed by atoms with Gasteiger partial charge in [-0.15, -0.1) is 0 Å². The fourth-order valence-electron chi connectivity index (χ4n) is 5.22. The van der Waals surface area contributed by atoms with Crippen LogP contribution in [-0.2, 0) is 17.8 Å². The highest BCUT2D eigenvalue weighted by Crippen LogP contribution is 2.32. The van der Waals surface area contributed by atoms with Gasteiger partial charge in [0, 0.05) is 54.0 Å². The van der Waals surface area contributed by atoms with E-state index in [1.165, 1.54) is 5.56 Å². The lowest BCUT2D eigenvalue weighted by Crippen LogP contribution is -2.44. The number of benzene rings is 2. The summed E-state index contributed by atoms with van der Waals surface area (Å²) in [6.07, 6.45) is 4.24. The minimum Gasteiger partial charge on any atom is -0.464 e. The summed E-state index contributed by atoms with van der Waals surface area (Å²) in [5.41, 5.74) is 5.58. The quantitative estimate of drug-likeness (QED) is 0.392. The van der Waals surface area contributed by atoms with Crippen LogP contribution in [0.1, 0.15) is 47.1 Å². The van der Waals surface area contributed by atoms with Crippen molar-refractivity contribution in [3.05, 3.63) is 80.9 Å². The molecule has 6 heteroatoms. The van der Waals surface area contributed by atoms with Crippen LogP contribution in [0.25, 0.3) is 21.9 Å². The van der Waals surface area contributed by atoms with Crippen molar-refractivity contribution >= 4 is 27.8 Å². The van der Waals surface area contributed by atoms with Crippen LogP contribution in [0, 0.1) is 20.8 Å². The molecule has 4 aromatic rings. The van der Waals surface area contributed by atoms with Gasteiger partial charge in [-0.05, 0) is 62.8 Å². The highest BCUT2D eigenvalue weighted by atomic mass is 16.4. The molecular formula is C29H32N2O4. The molecular weight excluding hydrogens is 440 g/mol. The van der Waals surface area contributed by atoms with Gasteiger partial charge < -0.3 is 14.2 Å². The molecule has 0 spiro atoms. The molecule has 0 bridgehead atoms. The molecule has 2 aromatic heterocycles. The molecule has 3 heterocycles. The molecule has 6 nitrogen and oxygen atoms in total. The predicted molar refractivity (Wildman–Crippen MR) is 138 cm³/mol. The Bertz CT molecular complexity index is 1430. The van der Waals surface area contributed by atoms with E-state index in [1.54, 1.807) is 6.26 Å². The van der Waals surface area contributed by atoms with E-state index < -0.39 is 0 Å². The zero-order valence-electron chi connectivity index (χ0n) is 20.6. The third kappa shape index (κ3) is 4.76. The Hall–Kier alpha value is -3.38. The number of aryl methyl sites for hydroxylation is 3. The average Bonchev–Trinajstić information content (AvgIpc) is 3.22. The molecule has 1 saturated heterocycles. The number of amides is 1. The van der Waals surface area contributed by atoms with Gasteiger partial charge in [0.25, 0.3) is 0 Å². The number of nitrogens with one attached hydrogen (secondary N) is 1. The van der Waals surface area contributed by atoms with Gasteiger partial charge in [-0.2, -0.15) is 0 Å². The van der Waals surface area contributed by atoms with Gasteiger partial charge in [-0.3, -0.25) is 9.69 Å². The smallest absolute Gasteiger partial charge is 0.339 e. The van der Waals surface area contributed by atoms with E-state index in [1.807, 2.05) is 32.9 Å². The second-order valence-corrected chi connectivity index (χ2v) is 9.77. The summed E-state index contributed by atoms with van der Waals surface area (Å²) in [5.74, 6) is -0.0114. The summed E-state index contributed by atoms with van der Waals surface area (Å²) in [7, 11) is 0. The Balaban J connectivity index is 1.22. The van der Waals surface area contributed by atoms with Crippen LogP contribution in [0.3, 0.4) is 0 Å². The number of piperidine rings is 1. The van der Waals surface area contributed by atoms with E-state index in [-0.39, 0.29) is 24.0 Å². The van der Waals surface area contributed by atoms with Crippen LogP contribution < -0.4 is 10.9 Å². The molecule has 2 aromatic carbocycles. The second-order valence-electron chi connectivity index (χ2n) is 9.77. The topological polar surface area (TPSA) is 75.7 Å². The highest BCUT2D eigenvalue weighted by Gasteiger charge is 2.22. The molecule has 182 valence electrons. The fraction of sp³-hybridized carbons (Fsp3) is 0.379. The maximum Gasteiger partial charge on any atom is 0.339 e. The lowest BCUT2D eigenvalue weighted by atomic mass is 9.98. The van der Waals surface area contributed by atoms with Crippen LogP contribution in [-0.4, -0.2) is 29.9 Å². The van der Waals surface area contributed by atoms with Crippen molar-refractivity contribution in [2.75, 3.05) is 13.1 Å². The van der Waals surface area contributed by atoms with Gasteiger partial charge in [0.1, 0.15) is 11.2 Å². The first kappa shape index (κ1) is 23.4. The molecule has 5 rings (SSSR count). The molecule has 35 heavy (non-hydrogen) atoms. The van der Waals surface area contributed by atoms with Crippen LogP contribution in [0.4, 0.5) is 0 Å². The van der Waals surface area contributed by atoms with E-state index in [2.05, 4.69) is 34.5 Å². The third-order valence-electron chi connectivity index (χ3n) is 7.34. The van der Waals surface area contributed by atoms with Crippen molar-refractivity contribution in [3.8, 4) is 0 Å². The molecule has 0 saturated carbocycles. The van der Waals surface area contributed by atoms with Crippen LogP contribution >= 0.6 is 0 Å². The summed E-state index contributed by atoms with van der Waals surface area (Å²) in [5, 5.41) is 5.10. The standard InChI is InChI=1S/C29H32N2O4/c1-18-17-34-27-20(3)28-25(15-24(18)27)19(2)23(29(33)35-28)9-10-26(32)30-22-11-13-31(14-12-22)16-21-7-5-4-6-8-21/h4-8,15,17,22H,9-14,16H2,1-3H3,(H,30,32). The van der Waals surface area contributed by atoms with Crippen molar-refractivity contribution in [2.45, 2.75) is 59.0 Å². The Morgan fingerprint density at radius 3 is 2.51 bits per heavy atom. The molecule has 1 N–H and O–H groups in total. The molecule has 1 amide bonds. The predicted octanol–water partition coefficient (Wildman–Crippen LogP) is 5.18. The Kier molecular flexibility index (Phi) is 6.48. The van der Waals surface area contributed by atoms with E-state index in [4.69, 9.17) is 8.83 Å². The zero-order valence-corrected chi connectivity index (χ0v) is 20.6. The SMILES string of the molecule is Cc1coc2c(C)c3oc(=O)c(CCC(=O)NC4CCN(Cc5ccccc5)CC4)c(C)c3cc12. The summed E-state index contributed by atoms with van der Waals surface area (Å²) in [6, 6.07) is 12.7. The number of likely N-dealkylation sites (tertiary alicyclic amines) is 1. The number of fused-ring (bicyclic) bond motifs is 2. The first-order valence-electron chi connectivity index (χ1n) is 12.4. The number of hydrogen-bond donors (Lipinski definition) is 1. The van der Waals surface area contributed by atoms with Crippen molar-refractivity contribution in [1.82, 2.24) is 10.2 Å². The number of rotatable bonds is 6. The van der Waals surface area contributed by atoms with Crippen LogP contribution in [0.5, 0.6) is 0 Å². The van der Waals surface area contributed by atoms with E-state index in [0.717, 1.165) is 65.5 Å².